The van der Waals surface area contributed by atoms with Crippen molar-refractivity contribution < 1.29 is 13.2 Å². The Balaban J connectivity index is 1.97. The lowest BCUT2D eigenvalue weighted by molar-refractivity contribution is 0.103. The predicted octanol–water partition coefficient (Wildman–Crippen LogP) is 5.79. The van der Waals surface area contributed by atoms with Crippen LogP contribution >= 0.6 is 23.4 Å². The number of aromatic nitrogens is 1. The van der Waals surface area contributed by atoms with Crippen LogP contribution in [-0.4, -0.2) is 25.4 Å². The van der Waals surface area contributed by atoms with E-state index in [1.807, 2.05) is 12.3 Å². The maximum atomic E-state index is 13.1. The first kappa shape index (κ1) is 23.3. The summed E-state index contributed by atoms with van der Waals surface area (Å²) in [6, 6.07) is 15.1. The van der Waals surface area contributed by atoms with Crippen LogP contribution in [0.15, 0.2) is 70.6 Å². The monoisotopic (exact) mass is 474 g/mol. The topological polar surface area (TPSA) is 76.1 Å². The van der Waals surface area contributed by atoms with Crippen molar-refractivity contribution in [2.45, 2.75) is 36.0 Å². The number of rotatable bonds is 6. The van der Waals surface area contributed by atoms with Crippen LogP contribution in [0.4, 0.5) is 5.69 Å². The Morgan fingerprint density at radius 3 is 2.35 bits per heavy atom. The van der Waals surface area contributed by atoms with Crippen LogP contribution in [0, 0.1) is 0 Å². The van der Waals surface area contributed by atoms with Crippen molar-refractivity contribution in [2.24, 2.45) is 0 Å². The van der Waals surface area contributed by atoms with Crippen molar-refractivity contribution in [1.29, 1.82) is 0 Å². The summed E-state index contributed by atoms with van der Waals surface area (Å²) in [5, 5.41) is 0.218. The van der Waals surface area contributed by atoms with E-state index < -0.39 is 15.8 Å². The molecule has 0 saturated carbocycles. The molecule has 0 unspecified atom stereocenters. The van der Waals surface area contributed by atoms with Gasteiger partial charge in [-0.1, -0.05) is 56.6 Å². The molecule has 0 fully saturated rings. The minimum atomic E-state index is -3.95. The second-order valence-corrected chi connectivity index (χ2v) is 11.0. The second kappa shape index (κ2) is 9.02. The molecule has 0 aliphatic heterocycles. The van der Waals surface area contributed by atoms with Crippen LogP contribution in [-0.2, 0) is 15.4 Å². The van der Waals surface area contributed by atoms with Crippen molar-refractivity contribution in [2.75, 3.05) is 11.0 Å². The molecule has 5 nitrogen and oxygen atoms in total. The number of hydrogen-bond acceptors (Lipinski definition) is 5. The Morgan fingerprint density at radius 2 is 1.74 bits per heavy atom. The summed E-state index contributed by atoms with van der Waals surface area (Å²) < 4.78 is 28.5. The van der Waals surface area contributed by atoms with Gasteiger partial charge in [0.05, 0.1) is 15.6 Å². The van der Waals surface area contributed by atoms with Crippen molar-refractivity contribution in [3.05, 3.63) is 82.6 Å². The van der Waals surface area contributed by atoms with Crippen LogP contribution in [0.3, 0.4) is 0 Å². The summed E-state index contributed by atoms with van der Waals surface area (Å²) in [4.78, 5) is 18.2. The predicted molar refractivity (Wildman–Crippen MR) is 127 cm³/mol. The van der Waals surface area contributed by atoms with Crippen molar-refractivity contribution in [3.8, 4) is 0 Å². The number of carbonyl (C=O) groups excluding carboxylic acids is 1. The molecular weight excluding hydrogens is 452 g/mol. The Morgan fingerprint density at radius 1 is 1.06 bits per heavy atom. The molecule has 1 heterocycles. The third-order valence-corrected chi connectivity index (χ3v) is 6.99. The quantitative estimate of drug-likeness (QED) is 0.361. The van der Waals surface area contributed by atoms with Crippen LogP contribution < -0.4 is 4.72 Å². The number of nitrogens with one attached hydrogen (secondary N) is 1. The Bertz CT molecular complexity index is 1220. The van der Waals surface area contributed by atoms with Gasteiger partial charge in [0.2, 0.25) is 5.78 Å². The van der Waals surface area contributed by atoms with Gasteiger partial charge in [-0.2, -0.15) is 0 Å². The minimum Gasteiger partial charge on any atom is -0.287 e. The highest BCUT2D eigenvalue weighted by atomic mass is 35.5. The molecule has 162 valence electrons. The number of benzene rings is 2. The maximum absolute atomic E-state index is 13.1. The summed E-state index contributed by atoms with van der Waals surface area (Å²) in [6.45, 7) is 6.16. The molecule has 0 spiro atoms. The van der Waals surface area contributed by atoms with E-state index in [4.69, 9.17) is 11.6 Å². The summed E-state index contributed by atoms with van der Waals surface area (Å²) in [5.74, 6) is -0.395. The zero-order chi connectivity index (χ0) is 22.8. The largest absolute Gasteiger partial charge is 0.287 e. The van der Waals surface area contributed by atoms with Gasteiger partial charge in [0.25, 0.3) is 10.0 Å². The molecule has 3 aromatic rings. The molecule has 0 aliphatic carbocycles. The van der Waals surface area contributed by atoms with Crippen LogP contribution in [0.5, 0.6) is 0 Å². The fraction of sp³-hybridized carbons (Fsp3) is 0.217. The first-order valence-electron chi connectivity index (χ1n) is 9.49. The van der Waals surface area contributed by atoms with Crippen molar-refractivity contribution >= 4 is 44.9 Å². The molecule has 31 heavy (non-hydrogen) atoms. The second-order valence-electron chi connectivity index (χ2n) is 7.99. The van der Waals surface area contributed by atoms with Gasteiger partial charge in [0, 0.05) is 16.7 Å². The third-order valence-electron chi connectivity index (χ3n) is 4.68. The lowest BCUT2D eigenvalue weighted by Gasteiger charge is -2.19. The molecule has 0 bridgehead atoms. The van der Waals surface area contributed by atoms with Crippen LogP contribution in [0.25, 0.3) is 0 Å². The van der Waals surface area contributed by atoms with Gasteiger partial charge in [-0.05, 0) is 47.6 Å². The van der Waals surface area contributed by atoms with E-state index in [0.29, 0.717) is 5.56 Å². The van der Waals surface area contributed by atoms with E-state index >= 15 is 0 Å². The SMILES string of the molecule is CSc1cccc(C(=O)c2ncc(Cl)cc2NS(=O)(=O)c2ccc(C(C)(C)C)cc2)c1. The normalized spacial score (nSPS) is 11.9. The third kappa shape index (κ3) is 5.47. The van der Waals surface area contributed by atoms with Crippen molar-refractivity contribution in [1.82, 2.24) is 4.98 Å². The van der Waals surface area contributed by atoms with Gasteiger partial charge < -0.3 is 0 Å². The molecule has 0 atom stereocenters. The zero-order valence-corrected chi connectivity index (χ0v) is 20.0. The number of nitrogens with zero attached hydrogens (tertiary/aromatic N) is 1. The zero-order valence-electron chi connectivity index (χ0n) is 17.6. The lowest BCUT2D eigenvalue weighted by Crippen LogP contribution is -2.17. The molecule has 8 heteroatoms. The first-order chi connectivity index (χ1) is 14.5. The molecule has 0 aliphatic rings. The van der Waals surface area contributed by atoms with E-state index in [0.717, 1.165) is 10.5 Å². The van der Waals surface area contributed by atoms with Crippen LogP contribution in [0.1, 0.15) is 42.4 Å². The number of anilines is 1. The molecule has 1 aromatic heterocycles. The highest BCUT2D eigenvalue weighted by molar-refractivity contribution is 7.98. The molecule has 1 N–H and O–H groups in total. The van der Waals surface area contributed by atoms with Gasteiger partial charge in [0.15, 0.2) is 0 Å². The van der Waals surface area contributed by atoms with E-state index in [-0.39, 0.29) is 26.7 Å². The van der Waals surface area contributed by atoms with Gasteiger partial charge in [-0.25, -0.2) is 13.4 Å². The van der Waals surface area contributed by atoms with E-state index in [2.05, 4.69) is 30.5 Å². The number of thioether (sulfide) groups is 1. The molecule has 0 amide bonds. The number of halogens is 1. The summed E-state index contributed by atoms with van der Waals surface area (Å²) >= 11 is 7.56. The number of sulfonamides is 1. The Kier molecular flexibility index (Phi) is 6.79. The standard InChI is InChI=1S/C23H23ClN2O3S2/c1-23(2,3)16-8-10-19(11-9-16)31(28,29)26-20-13-17(24)14-25-21(20)22(27)15-6-5-7-18(12-15)30-4/h5-14,26H,1-4H3. The molecular formula is C23H23ClN2O3S2. The fourth-order valence-electron chi connectivity index (χ4n) is 2.94. The highest BCUT2D eigenvalue weighted by Gasteiger charge is 2.22. The minimum absolute atomic E-state index is 0.0162. The fourth-order valence-corrected chi connectivity index (χ4v) is 4.61. The molecule has 0 radical (unpaired) electrons. The van der Waals surface area contributed by atoms with Gasteiger partial charge in [0.1, 0.15) is 5.69 Å². The maximum Gasteiger partial charge on any atom is 0.261 e. The number of carbonyl (C=O) groups is 1. The number of ketones is 1. The number of hydrogen-bond donors (Lipinski definition) is 1. The smallest absolute Gasteiger partial charge is 0.261 e. The van der Waals surface area contributed by atoms with Crippen molar-refractivity contribution in [3.63, 3.8) is 0 Å². The van der Waals surface area contributed by atoms with E-state index in [1.165, 1.54) is 24.0 Å². The van der Waals surface area contributed by atoms with Gasteiger partial charge in [-0.3, -0.25) is 9.52 Å². The molecule has 3 rings (SSSR count). The molecule has 0 saturated heterocycles. The van der Waals surface area contributed by atoms with E-state index in [1.54, 1.807) is 42.5 Å². The van der Waals surface area contributed by atoms with E-state index in [9.17, 15) is 13.2 Å². The molecule has 2 aromatic carbocycles. The summed E-state index contributed by atoms with van der Waals surface area (Å²) in [5.41, 5.74) is 1.35. The lowest BCUT2D eigenvalue weighted by atomic mass is 9.87. The first-order valence-corrected chi connectivity index (χ1v) is 12.6. The number of pyridine rings is 1. The average Bonchev–Trinajstić information content (AvgIpc) is 2.72. The Labute approximate surface area is 192 Å². The summed E-state index contributed by atoms with van der Waals surface area (Å²) in [7, 11) is -3.95. The van der Waals surface area contributed by atoms with Crippen LogP contribution in [0.2, 0.25) is 5.02 Å². The van der Waals surface area contributed by atoms with Gasteiger partial charge in [-0.15, -0.1) is 11.8 Å². The average molecular weight is 475 g/mol. The Hall–Kier alpha value is -2.35. The summed E-state index contributed by atoms with van der Waals surface area (Å²) in [6.07, 6.45) is 3.23. The van der Waals surface area contributed by atoms with Gasteiger partial charge >= 0.3 is 0 Å². The highest BCUT2D eigenvalue weighted by Crippen LogP contribution is 2.27.